The van der Waals surface area contributed by atoms with Crippen LogP contribution in [0.1, 0.15) is 86.9 Å². The van der Waals surface area contributed by atoms with Crippen LogP contribution in [0.15, 0.2) is 36.4 Å². The van der Waals surface area contributed by atoms with Gasteiger partial charge in [0.2, 0.25) is 0 Å². The van der Waals surface area contributed by atoms with Crippen LogP contribution in [0.2, 0.25) is 0 Å². The summed E-state index contributed by atoms with van der Waals surface area (Å²) >= 11 is 0. The van der Waals surface area contributed by atoms with Crippen molar-refractivity contribution in [3.05, 3.63) is 36.4 Å². The number of rotatable bonds is 3. The minimum Gasteiger partial charge on any atom is -0.0776 e. The third kappa shape index (κ3) is 19.7. The summed E-state index contributed by atoms with van der Waals surface area (Å²) in [4.78, 5) is 0. The monoisotopic (exact) mass is 266 g/mol. The molecular weight excluding hydrogens is 228 g/mol. The van der Waals surface area contributed by atoms with E-state index in [1.54, 1.807) is 0 Å². The maximum atomic E-state index is 2.23. The summed E-state index contributed by atoms with van der Waals surface area (Å²) in [6, 6.07) is 12.0. The van der Waals surface area contributed by atoms with Gasteiger partial charge in [-0.3, -0.25) is 0 Å². The van der Waals surface area contributed by atoms with E-state index in [1.165, 1.54) is 64.2 Å². The van der Waals surface area contributed by atoms with Crippen LogP contribution in [-0.2, 0) is 0 Å². The first-order chi connectivity index (χ1) is 8.91. The molecule has 0 N–H and O–H groups in total. The van der Waals surface area contributed by atoms with Crippen LogP contribution in [0, 0.1) is 0 Å². The van der Waals surface area contributed by atoms with Crippen molar-refractivity contribution < 1.29 is 1.43 Å². The van der Waals surface area contributed by atoms with E-state index in [0.717, 1.165) is 0 Å². The van der Waals surface area contributed by atoms with Crippen molar-refractivity contribution in [2.75, 3.05) is 0 Å². The second-order valence-electron chi connectivity index (χ2n) is 4.98. The molecule has 0 saturated heterocycles. The Morgan fingerprint density at radius 3 is 0.947 bits per heavy atom. The number of hydrogen-bond donors (Lipinski definition) is 0. The summed E-state index contributed by atoms with van der Waals surface area (Å²) in [5.41, 5.74) is 0. The van der Waals surface area contributed by atoms with Gasteiger partial charge in [0.25, 0.3) is 0 Å². The Morgan fingerprint density at radius 2 is 0.789 bits per heavy atom. The van der Waals surface area contributed by atoms with Crippen molar-refractivity contribution in [1.29, 1.82) is 0 Å². The lowest BCUT2D eigenvalue weighted by atomic mass is 10.0. The average Bonchev–Trinajstić information content (AvgIpc) is 2.50. The maximum Gasteiger partial charge on any atom is 0 e. The summed E-state index contributed by atoms with van der Waals surface area (Å²) < 4.78 is 0. The molecule has 0 heterocycles. The van der Waals surface area contributed by atoms with Gasteiger partial charge < -0.3 is 0 Å². The summed E-state index contributed by atoms with van der Waals surface area (Å²) in [5.74, 6) is 0. The Bertz CT molecular complexity index is 174. The van der Waals surface area contributed by atoms with E-state index in [-0.39, 0.29) is 8.85 Å². The fourth-order valence-electron chi connectivity index (χ4n) is 1.95. The third-order valence-electron chi connectivity index (χ3n) is 3.12. The molecule has 0 unspecified atom stereocenters. The molecule has 0 bridgehead atoms. The van der Waals surface area contributed by atoms with Gasteiger partial charge in [0.1, 0.15) is 0 Å². The van der Waals surface area contributed by atoms with Crippen molar-refractivity contribution in [2.45, 2.75) is 85.5 Å². The standard InChI is InChI=1S/C6H12.C6H6.C6H14.CH4.H2/c2*1-2-4-6-5-3-1;1-3-5-6-4-2;;/h1-6H2;1-6H;3-6H2,1-2H3;1H4;1H. The Balaban J connectivity index is -0.000000206. The summed E-state index contributed by atoms with van der Waals surface area (Å²) in [6.45, 7) is 4.46. The summed E-state index contributed by atoms with van der Waals surface area (Å²) in [5, 5.41) is 0. The Hall–Kier alpha value is -0.780. The molecule has 0 spiro atoms. The van der Waals surface area contributed by atoms with Crippen molar-refractivity contribution in [1.82, 2.24) is 0 Å². The van der Waals surface area contributed by atoms with Crippen molar-refractivity contribution >= 4 is 0 Å². The average molecular weight is 267 g/mol. The number of unbranched alkanes of at least 4 members (excludes halogenated alkanes) is 3. The summed E-state index contributed by atoms with van der Waals surface area (Å²) in [6.07, 6.45) is 14.5. The highest BCUT2D eigenvalue weighted by Crippen LogP contribution is 2.15. The van der Waals surface area contributed by atoms with Gasteiger partial charge in [-0.1, -0.05) is 122 Å². The van der Waals surface area contributed by atoms with Crippen molar-refractivity contribution in [3.63, 3.8) is 0 Å². The molecule has 1 aromatic rings. The van der Waals surface area contributed by atoms with E-state index in [9.17, 15) is 0 Å². The molecule has 114 valence electrons. The number of benzene rings is 1. The predicted octanol–water partition coefficient (Wildman–Crippen LogP) is 7.50. The Morgan fingerprint density at radius 1 is 0.579 bits per heavy atom. The lowest BCUT2D eigenvalue weighted by molar-refractivity contribution is 0.504. The third-order valence-corrected chi connectivity index (χ3v) is 3.12. The number of hydrogen-bond acceptors (Lipinski definition) is 0. The second kappa shape index (κ2) is 19.6. The van der Waals surface area contributed by atoms with Crippen LogP contribution in [-0.4, -0.2) is 0 Å². The minimum atomic E-state index is 0. The Kier molecular flexibility index (Phi) is 21.1. The van der Waals surface area contributed by atoms with Crippen molar-refractivity contribution in [3.8, 4) is 0 Å². The zero-order chi connectivity index (χ0) is 13.3. The molecule has 2 rings (SSSR count). The molecule has 1 aliphatic rings. The SMILES string of the molecule is C.C1CCCCC1.CCCCCC.[HH].c1ccccc1. The van der Waals surface area contributed by atoms with E-state index in [4.69, 9.17) is 0 Å². The normalized spacial score (nSPS) is 12.9. The van der Waals surface area contributed by atoms with Gasteiger partial charge in [0.05, 0.1) is 0 Å². The molecule has 1 fully saturated rings. The highest BCUT2D eigenvalue weighted by atomic mass is 14.0. The van der Waals surface area contributed by atoms with Gasteiger partial charge in [-0.05, 0) is 0 Å². The molecule has 1 saturated carbocycles. The maximum absolute atomic E-state index is 2.23. The van der Waals surface area contributed by atoms with Crippen LogP contribution in [0.5, 0.6) is 0 Å². The van der Waals surface area contributed by atoms with E-state index in [1.807, 2.05) is 36.4 Å². The zero-order valence-corrected chi connectivity index (χ0v) is 12.5. The molecule has 1 aliphatic carbocycles. The molecule has 0 aliphatic heterocycles. The molecule has 0 heteroatoms. The van der Waals surface area contributed by atoms with Crippen LogP contribution in [0.25, 0.3) is 0 Å². The smallest absolute Gasteiger partial charge is 0 e. The molecular formula is C19H38. The zero-order valence-electron chi connectivity index (χ0n) is 12.5. The van der Waals surface area contributed by atoms with Gasteiger partial charge in [-0.25, -0.2) is 0 Å². The molecule has 19 heavy (non-hydrogen) atoms. The van der Waals surface area contributed by atoms with Crippen LogP contribution in [0.4, 0.5) is 0 Å². The topological polar surface area (TPSA) is 0 Å². The van der Waals surface area contributed by atoms with Crippen LogP contribution < -0.4 is 0 Å². The van der Waals surface area contributed by atoms with Gasteiger partial charge in [0, 0.05) is 1.43 Å². The molecule has 1 aromatic carbocycles. The fourth-order valence-corrected chi connectivity index (χ4v) is 1.95. The highest BCUT2D eigenvalue weighted by molar-refractivity contribution is 4.99. The van der Waals surface area contributed by atoms with E-state index < -0.39 is 0 Å². The van der Waals surface area contributed by atoms with Gasteiger partial charge in [-0.15, -0.1) is 0 Å². The van der Waals surface area contributed by atoms with Gasteiger partial charge >= 0.3 is 0 Å². The van der Waals surface area contributed by atoms with Gasteiger partial charge in [-0.2, -0.15) is 0 Å². The Labute approximate surface area is 124 Å². The molecule has 0 radical (unpaired) electrons. The quantitative estimate of drug-likeness (QED) is 0.497. The molecule has 0 nitrogen and oxygen atoms in total. The van der Waals surface area contributed by atoms with E-state index in [2.05, 4.69) is 13.8 Å². The lowest BCUT2D eigenvalue weighted by Crippen LogP contribution is -1.85. The minimum absolute atomic E-state index is 0. The lowest BCUT2D eigenvalue weighted by Gasteiger charge is -2.05. The van der Waals surface area contributed by atoms with Crippen molar-refractivity contribution in [2.24, 2.45) is 0 Å². The molecule has 0 amide bonds. The summed E-state index contributed by atoms with van der Waals surface area (Å²) in [7, 11) is 0. The van der Waals surface area contributed by atoms with E-state index in [0.29, 0.717) is 0 Å². The molecule has 0 atom stereocenters. The van der Waals surface area contributed by atoms with Crippen LogP contribution >= 0.6 is 0 Å². The van der Waals surface area contributed by atoms with Gasteiger partial charge in [0.15, 0.2) is 0 Å². The highest BCUT2D eigenvalue weighted by Gasteiger charge is 1.95. The van der Waals surface area contributed by atoms with Crippen LogP contribution in [0.3, 0.4) is 0 Å². The second-order valence-corrected chi connectivity index (χ2v) is 4.98. The molecule has 0 aromatic heterocycles. The first-order valence-electron chi connectivity index (χ1n) is 7.91. The fraction of sp³-hybridized carbons (Fsp3) is 0.684. The predicted molar refractivity (Wildman–Crippen MR) is 92.8 cm³/mol. The largest absolute Gasteiger partial charge is 0.0776 e. The first kappa shape index (κ1) is 20.5. The first-order valence-corrected chi connectivity index (χ1v) is 7.91. The van der Waals surface area contributed by atoms with E-state index >= 15 is 0 Å².